The first-order valence-corrected chi connectivity index (χ1v) is 19.9. The summed E-state index contributed by atoms with van der Waals surface area (Å²) >= 11 is 1.88. The molecule has 0 radical (unpaired) electrons. The molecule has 55 heavy (non-hydrogen) atoms. The lowest BCUT2D eigenvalue weighted by molar-refractivity contribution is 0.660. The van der Waals surface area contributed by atoms with Crippen LogP contribution in [0.25, 0.3) is 75.1 Å². The number of hydrogen-bond donors (Lipinski definition) is 0. The number of fused-ring (bicyclic) bond motifs is 8. The fourth-order valence-electron chi connectivity index (χ4n) is 9.01. The van der Waals surface area contributed by atoms with E-state index >= 15 is 0 Å². The standard InChI is InChI=1S/C53H37NS/c1-53(2)49-20-8-7-18-45(49)46-27-26-42(33-50(46)53)54(41-16-9-15-39(29-41)44-19-10-14-35-11-5-6-17-43(35)44)40-24-21-34(22-25-40)38-23-28-51-47(31-38)48-30-36-12-3-4-13-37(36)32-52(48)55-51/h3-33H,1-2H3. The molecule has 0 atom stereocenters. The van der Waals surface area contributed by atoms with Crippen LogP contribution in [-0.2, 0) is 5.41 Å². The van der Waals surface area contributed by atoms with Crippen LogP contribution in [0.1, 0.15) is 25.0 Å². The van der Waals surface area contributed by atoms with Gasteiger partial charge in [-0.2, -0.15) is 0 Å². The molecule has 10 aromatic rings. The van der Waals surface area contributed by atoms with Gasteiger partial charge in [0.2, 0.25) is 0 Å². The van der Waals surface area contributed by atoms with E-state index in [9.17, 15) is 0 Å². The minimum atomic E-state index is -0.0982. The number of rotatable bonds is 5. The summed E-state index contributed by atoms with van der Waals surface area (Å²) in [6.07, 6.45) is 0. The SMILES string of the molecule is CC1(C)c2ccccc2-c2ccc(N(c3ccc(-c4ccc5sc6cc7ccccc7cc6c5c4)cc3)c3cccc(-c4cccc5ccccc45)c3)cc21. The first-order chi connectivity index (χ1) is 27.0. The van der Waals surface area contributed by atoms with Crippen LogP contribution in [0, 0.1) is 0 Å². The summed E-state index contributed by atoms with van der Waals surface area (Å²) in [5.74, 6) is 0. The fourth-order valence-corrected chi connectivity index (χ4v) is 10.1. The van der Waals surface area contributed by atoms with Crippen LogP contribution in [0.3, 0.4) is 0 Å². The van der Waals surface area contributed by atoms with Crippen LogP contribution in [-0.4, -0.2) is 0 Å². The summed E-state index contributed by atoms with van der Waals surface area (Å²) in [5, 5.41) is 7.74. The van der Waals surface area contributed by atoms with Gasteiger partial charge in [-0.25, -0.2) is 0 Å². The molecule has 0 saturated heterocycles. The van der Waals surface area contributed by atoms with Gasteiger partial charge in [-0.15, -0.1) is 11.3 Å². The van der Waals surface area contributed by atoms with Crippen molar-refractivity contribution in [1.29, 1.82) is 0 Å². The first-order valence-electron chi connectivity index (χ1n) is 19.1. The Morgan fingerprint density at radius 2 is 1.00 bits per heavy atom. The van der Waals surface area contributed by atoms with Crippen molar-refractivity contribution in [3.05, 3.63) is 199 Å². The van der Waals surface area contributed by atoms with Gasteiger partial charge in [-0.3, -0.25) is 0 Å². The summed E-state index contributed by atoms with van der Waals surface area (Å²) in [5.41, 5.74) is 13.6. The molecule has 1 heterocycles. The highest BCUT2D eigenvalue weighted by Crippen LogP contribution is 2.51. The molecule has 260 valence electrons. The van der Waals surface area contributed by atoms with Crippen molar-refractivity contribution in [2.24, 2.45) is 0 Å². The van der Waals surface area contributed by atoms with Gasteiger partial charge in [-0.05, 0) is 127 Å². The van der Waals surface area contributed by atoms with E-state index in [0.717, 1.165) is 17.1 Å². The summed E-state index contributed by atoms with van der Waals surface area (Å²) in [7, 11) is 0. The molecule has 1 aliphatic carbocycles. The van der Waals surface area contributed by atoms with Crippen molar-refractivity contribution >= 4 is 70.1 Å². The van der Waals surface area contributed by atoms with E-state index in [-0.39, 0.29) is 5.41 Å². The van der Waals surface area contributed by atoms with Crippen molar-refractivity contribution in [2.45, 2.75) is 19.3 Å². The third-order valence-corrected chi connectivity index (χ3v) is 13.0. The third-order valence-electron chi connectivity index (χ3n) is 11.8. The minimum Gasteiger partial charge on any atom is -0.310 e. The van der Waals surface area contributed by atoms with Gasteiger partial charge in [-0.1, -0.05) is 141 Å². The van der Waals surface area contributed by atoms with Gasteiger partial charge in [0.1, 0.15) is 0 Å². The molecule has 0 aliphatic heterocycles. The van der Waals surface area contributed by atoms with Crippen molar-refractivity contribution < 1.29 is 0 Å². The Morgan fingerprint density at radius 3 is 1.87 bits per heavy atom. The quantitative estimate of drug-likeness (QED) is 0.171. The molecule has 1 aromatic heterocycles. The smallest absolute Gasteiger partial charge is 0.0467 e. The van der Waals surface area contributed by atoms with Crippen LogP contribution in [0.4, 0.5) is 17.1 Å². The number of anilines is 3. The molecule has 0 amide bonds. The largest absolute Gasteiger partial charge is 0.310 e. The summed E-state index contributed by atoms with van der Waals surface area (Å²) < 4.78 is 2.66. The lowest BCUT2D eigenvalue weighted by Gasteiger charge is -2.28. The predicted octanol–water partition coefficient (Wildman–Crippen LogP) is 15.5. The van der Waals surface area contributed by atoms with Crippen molar-refractivity contribution in [3.8, 4) is 33.4 Å². The molecule has 1 aliphatic rings. The third kappa shape index (κ3) is 5.13. The molecule has 0 fully saturated rings. The Bertz CT molecular complexity index is 3120. The van der Waals surface area contributed by atoms with Gasteiger partial charge in [0.25, 0.3) is 0 Å². The lowest BCUT2D eigenvalue weighted by Crippen LogP contribution is -2.16. The molecule has 0 spiro atoms. The summed E-state index contributed by atoms with van der Waals surface area (Å²) in [6.45, 7) is 4.72. The second kappa shape index (κ2) is 12.3. The van der Waals surface area contributed by atoms with Crippen LogP contribution < -0.4 is 4.90 Å². The average molecular weight is 720 g/mol. The van der Waals surface area contributed by atoms with Gasteiger partial charge in [0, 0.05) is 42.6 Å². The first kappa shape index (κ1) is 32.0. The van der Waals surface area contributed by atoms with Crippen molar-refractivity contribution in [2.75, 3.05) is 4.90 Å². The summed E-state index contributed by atoms with van der Waals surface area (Å²) in [4.78, 5) is 2.43. The van der Waals surface area contributed by atoms with Gasteiger partial charge >= 0.3 is 0 Å². The molecular weight excluding hydrogens is 683 g/mol. The molecule has 9 aromatic carbocycles. The Labute approximate surface area is 325 Å². The molecule has 2 heteroatoms. The van der Waals surface area contributed by atoms with E-state index in [1.807, 2.05) is 11.3 Å². The average Bonchev–Trinajstić information content (AvgIpc) is 3.70. The second-order valence-electron chi connectivity index (χ2n) is 15.4. The van der Waals surface area contributed by atoms with E-state index in [0.29, 0.717) is 0 Å². The van der Waals surface area contributed by atoms with Crippen LogP contribution in [0.5, 0.6) is 0 Å². The maximum Gasteiger partial charge on any atom is 0.0467 e. The molecular formula is C53H37NS. The number of hydrogen-bond acceptors (Lipinski definition) is 2. The Morgan fingerprint density at radius 1 is 0.364 bits per heavy atom. The van der Waals surface area contributed by atoms with Crippen molar-refractivity contribution in [3.63, 3.8) is 0 Å². The zero-order valence-electron chi connectivity index (χ0n) is 30.8. The maximum atomic E-state index is 2.43. The molecule has 0 saturated carbocycles. The van der Waals surface area contributed by atoms with Crippen LogP contribution in [0.2, 0.25) is 0 Å². The van der Waals surface area contributed by atoms with E-state index in [2.05, 4.69) is 207 Å². The fraction of sp³-hybridized carbons (Fsp3) is 0.0566. The van der Waals surface area contributed by atoms with Gasteiger partial charge in [0.15, 0.2) is 0 Å². The molecule has 0 unspecified atom stereocenters. The van der Waals surface area contributed by atoms with E-state index in [4.69, 9.17) is 0 Å². The highest BCUT2D eigenvalue weighted by molar-refractivity contribution is 7.25. The van der Waals surface area contributed by atoms with Gasteiger partial charge < -0.3 is 4.90 Å². The zero-order chi connectivity index (χ0) is 36.7. The maximum absolute atomic E-state index is 2.43. The number of nitrogens with zero attached hydrogens (tertiary/aromatic N) is 1. The van der Waals surface area contributed by atoms with Crippen molar-refractivity contribution in [1.82, 2.24) is 0 Å². The molecule has 0 N–H and O–H groups in total. The van der Waals surface area contributed by atoms with E-state index in [1.165, 1.54) is 86.2 Å². The monoisotopic (exact) mass is 719 g/mol. The zero-order valence-corrected chi connectivity index (χ0v) is 31.6. The van der Waals surface area contributed by atoms with Gasteiger partial charge in [0.05, 0.1) is 0 Å². The topological polar surface area (TPSA) is 3.24 Å². The van der Waals surface area contributed by atoms with E-state index < -0.39 is 0 Å². The highest BCUT2D eigenvalue weighted by Gasteiger charge is 2.35. The number of benzene rings is 9. The Kier molecular flexibility index (Phi) is 7.14. The normalized spacial score (nSPS) is 13.1. The second-order valence-corrected chi connectivity index (χ2v) is 16.5. The predicted molar refractivity (Wildman–Crippen MR) is 237 cm³/mol. The number of thiophene rings is 1. The van der Waals surface area contributed by atoms with E-state index in [1.54, 1.807) is 0 Å². The Balaban J connectivity index is 1.04. The van der Waals surface area contributed by atoms with Crippen LogP contribution >= 0.6 is 11.3 Å². The molecule has 1 nitrogen and oxygen atoms in total. The molecule has 11 rings (SSSR count). The molecule has 0 bridgehead atoms. The minimum absolute atomic E-state index is 0.0982. The summed E-state index contributed by atoms with van der Waals surface area (Å²) in [6, 6.07) is 69.7. The van der Waals surface area contributed by atoms with Crippen LogP contribution in [0.15, 0.2) is 188 Å². The Hall–Kier alpha value is -6.48. The highest BCUT2D eigenvalue weighted by atomic mass is 32.1. The lowest BCUT2D eigenvalue weighted by atomic mass is 9.82.